The fourth-order valence-corrected chi connectivity index (χ4v) is 2.32. The van der Waals surface area contributed by atoms with Gasteiger partial charge in [-0.1, -0.05) is 39.3 Å². The Morgan fingerprint density at radius 3 is 2.32 bits per heavy atom. The Hall–Kier alpha value is -1.88. The van der Waals surface area contributed by atoms with E-state index in [1.165, 1.54) is 12.5 Å². The predicted octanol–water partition coefficient (Wildman–Crippen LogP) is 2.83. The van der Waals surface area contributed by atoms with Crippen molar-refractivity contribution in [2.75, 3.05) is 0 Å². The van der Waals surface area contributed by atoms with Gasteiger partial charge in [-0.25, -0.2) is 0 Å². The smallest absolute Gasteiger partial charge is 0.252 e. The van der Waals surface area contributed by atoms with E-state index in [4.69, 9.17) is 0 Å². The molecule has 1 aromatic carbocycles. The van der Waals surface area contributed by atoms with Crippen LogP contribution >= 0.6 is 0 Å². The maximum atomic E-state index is 12.4. The standard InChI is InChI=1S/C20H31N2O3/c1-5-6-7-16-8-10-17(11-9-16)19(24)22-18(15(4)23)20(25)21-13-12-14(2)3/h8-11,13-15,18,23H,5-7,12H2,1-4H3,(H,21,25)(H,22,24)/t15-,18+/m1/s1. The molecule has 0 aliphatic heterocycles. The minimum atomic E-state index is -0.990. The number of aliphatic hydroxyl groups excluding tert-OH is 1. The molecule has 139 valence electrons. The zero-order valence-electron chi connectivity index (χ0n) is 15.7. The van der Waals surface area contributed by atoms with Crippen LogP contribution in [0.25, 0.3) is 0 Å². The Bertz CT molecular complexity index is 538. The van der Waals surface area contributed by atoms with E-state index < -0.39 is 18.1 Å². The van der Waals surface area contributed by atoms with Gasteiger partial charge in [-0.15, -0.1) is 0 Å². The lowest BCUT2D eigenvalue weighted by Crippen LogP contribution is -2.52. The lowest BCUT2D eigenvalue weighted by Gasteiger charge is -2.21. The highest BCUT2D eigenvalue weighted by molar-refractivity contribution is 5.97. The molecule has 0 aliphatic carbocycles. The average molecular weight is 347 g/mol. The van der Waals surface area contributed by atoms with Gasteiger partial charge >= 0.3 is 0 Å². The lowest BCUT2D eigenvalue weighted by molar-refractivity contribution is -0.124. The van der Waals surface area contributed by atoms with Gasteiger partial charge in [-0.2, -0.15) is 0 Å². The number of nitrogens with one attached hydrogen (secondary N) is 2. The fraction of sp³-hybridized carbons (Fsp3) is 0.550. The van der Waals surface area contributed by atoms with E-state index in [-0.39, 0.29) is 5.91 Å². The second kappa shape index (κ2) is 10.9. The van der Waals surface area contributed by atoms with E-state index in [1.807, 2.05) is 26.0 Å². The molecule has 0 aliphatic rings. The number of hydrogen-bond donors (Lipinski definition) is 3. The van der Waals surface area contributed by atoms with Gasteiger partial charge in [0.2, 0.25) is 5.91 Å². The second-order valence-electron chi connectivity index (χ2n) is 6.83. The molecule has 25 heavy (non-hydrogen) atoms. The zero-order valence-corrected chi connectivity index (χ0v) is 15.7. The molecule has 0 aromatic heterocycles. The number of carbonyl (C=O) groups is 2. The van der Waals surface area contributed by atoms with Crippen LogP contribution in [-0.4, -0.2) is 29.1 Å². The molecule has 5 heteroatoms. The third-order valence-electron chi connectivity index (χ3n) is 3.92. The van der Waals surface area contributed by atoms with Gasteiger partial charge in [0.1, 0.15) is 6.04 Å². The van der Waals surface area contributed by atoms with Crippen LogP contribution in [0.15, 0.2) is 24.3 Å². The minimum Gasteiger partial charge on any atom is -0.391 e. The third kappa shape index (κ3) is 7.69. The first-order chi connectivity index (χ1) is 11.8. The number of unbranched alkanes of at least 4 members (excludes halogenated alkanes) is 1. The molecule has 0 saturated heterocycles. The van der Waals surface area contributed by atoms with Crippen LogP contribution in [0.4, 0.5) is 0 Å². The molecule has 0 fully saturated rings. The summed E-state index contributed by atoms with van der Waals surface area (Å²) in [5, 5.41) is 15.1. The molecule has 1 radical (unpaired) electrons. The normalized spacial score (nSPS) is 13.4. The van der Waals surface area contributed by atoms with E-state index in [2.05, 4.69) is 17.6 Å². The maximum Gasteiger partial charge on any atom is 0.252 e. The van der Waals surface area contributed by atoms with Gasteiger partial charge in [-0.05, 0) is 49.8 Å². The number of aryl methyl sites for hydroxylation is 1. The molecular formula is C20H31N2O3. The van der Waals surface area contributed by atoms with Crippen LogP contribution in [0.3, 0.4) is 0 Å². The van der Waals surface area contributed by atoms with Gasteiger partial charge in [0.25, 0.3) is 5.91 Å². The Labute approximate surface area is 151 Å². The number of amides is 2. The van der Waals surface area contributed by atoms with Crippen molar-refractivity contribution in [2.45, 2.75) is 65.5 Å². The summed E-state index contributed by atoms with van der Waals surface area (Å²) in [7, 11) is 0. The summed E-state index contributed by atoms with van der Waals surface area (Å²) in [6.07, 6.45) is 2.97. The van der Waals surface area contributed by atoms with Gasteiger partial charge < -0.3 is 15.7 Å². The second-order valence-corrected chi connectivity index (χ2v) is 6.83. The maximum absolute atomic E-state index is 12.4. The summed E-state index contributed by atoms with van der Waals surface area (Å²) < 4.78 is 0. The largest absolute Gasteiger partial charge is 0.391 e. The Morgan fingerprint density at radius 1 is 1.16 bits per heavy atom. The lowest BCUT2D eigenvalue weighted by atomic mass is 10.1. The Balaban J connectivity index is 2.64. The van der Waals surface area contributed by atoms with Crippen LogP contribution in [0.2, 0.25) is 0 Å². The van der Waals surface area contributed by atoms with Gasteiger partial charge in [0, 0.05) is 12.1 Å². The topological polar surface area (TPSA) is 78.4 Å². The summed E-state index contributed by atoms with van der Waals surface area (Å²) in [5.41, 5.74) is 1.66. The summed E-state index contributed by atoms with van der Waals surface area (Å²) in [6, 6.07) is 6.37. The number of aliphatic hydroxyl groups is 1. The molecule has 0 saturated carbocycles. The first-order valence-corrected chi connectivity index (χ1v) is 9.05. The van der Waals surface area contributed by atoms with Crippen molar-refractivity contribution in [3.63, 3.8) is 0 Å². The van der Waals surface area contributed by atoms with Crippen molar-refractivity contribution in [3.8, 4) is 0 Å². The van der Waals surface area contributed by atoms with Crippen molar-refractivity contribution in [2.24, 2.45) is 5.92 Å². The Morgan fingerprint density at radius 2 is 1.80 bits per heavy atom. The quantitative estimate of drug-likeness (QED) is 0.609. The van der Waals surface area contributed by atoms with E-state index in [9.17, 15) is 14.7 Å². The third-order valence-corrected chi connectivity index (χ3v) is 3.92. The van der Waals surface area contributed by atoms with E-state index in [1.54, 1.807) is 18.7 Å². The van der Waals surface area contributed by atoms with Crippen molar-refractivity contribution >= 4 is 11.8 Å². The number of hydrogen-bond acceptors (Lipinski definition) is 3. The van der Waals surface area contributed by atoms with Crippen molar-refractivity contribution in [3.05, 3.63) is 41.9 Å². The van der Waals surface area contributed by atoms with Gasteiger partial charge in [0.15, 0.2) is 0 Å². The number of rotatable bonds is 10. The molecule has 5 nitrogen and oxygen atoms in total. The molecule has 0 heterocycles. The van der Waals surface area contributed by atoms with E-state index >= 15 is 0 Å². The minimum absolute atomic E-state index is 0.369. The molecule has 2 amide bonds. The highest BCUT2D eigenvalue weighted by Gasteiger charge is 2.25. The average Bonchev–Trinajstić information content (AvgIpc) is 2.57. The first-order valence-electron chi connectivity index (χ1n) is 9.05. The van der Waals surface area contributed by atoms with Crippen LogP contribution in [0, 0.1) is 12.5 Å². The van der Waals surface area contributed by atoms with Crippen LogP contribution < -0.4 is 10.6 Å². The summed E-state index contributed by atoms with van der Waals surface area (Å²) >= 11 is 0. The summed E-state index contributed by atoms with van der Waals surface area (Å²) in [4.78, 5) is 24.5. The molecule has 0 spiro atoms. The molecule has 3 N–H and O–H groups in total. The van der Waals surface area contributed by atoms with Crippen LogP contribution in [0.1, 0.15) is 62.9 Å². The van der Waals surface area contributed by atoms with Gasteiger partial charge in [0.05, 0.1) is 6.10 Å². The number of carbonyl (C=O) groups excluding carboxylic acids is 2. The Kier molecular flexibility index (Phi) is 9.21. The van der Waals surface area contributed by atoms with Crippen molar-refractivity contribution < 1.29 is 14.7 Å². The monoisotopic (exact) mass is 347 g/mol. The van der Waals surface area contributed by atoms with E-state index in [0.29, 0.717) is 11.5 Å². The summed E-state index contributed by atoms with van der Waals surface area (Å²) in [5.74, 6) is -0.360. The molecule has 1 aromatic rings. The SMILES string of the molecule is CCCCc1ccc(C(=O)N[C@H](C(=O)N[CH]CC(C)C)[C@@H](C)O)cc1. The molecular weight excluding hydrogens is 316 g/mol. The molecule has 1 rings (SSSR count). The summed E-state index contributed by atoms with van der Waals surface area (Å²) in [6.45, 7) is 9.38. The highest BCUT2D eigenvalue weighted by Crippen LogP contribution is 2.09. The molecule has 0 unspecified atom stereocenters. The highest BCUT2D eigenvalue weighted by atomic mass is 16.3. The first kappa shape index (κ1) is 21.2. The number of benzene rings is 1. The molecule has 2 atom stereocenters. The van der Waals surface area contributed by atoms with Crippen molar-refractivity contribution in [1.29, 1.82) is 0 Å². The zero-order chi connectivity index (χ0) is 18.8. The fourth-order valence-electron chi connectivity index (χ4n) is 2.32. The predicted molar refractivity (Wildman–Crippen MR) is 99.9 cm³/mol. The molecule has 0 bridgehead atoms. The van der Waals surface area contributed by atoms with Crippen LogP contribution in [-0.2, 0) is 11.2 Å². The van der Waals surface area contributed by atoms with E-state index in [0.717, 1.165) is 25.7 Å². The van der Waals surface area contributed by atoms with Gasteiger partial charge in [-0.3, -0.25) is 9.59 Å². The van der Waals surface area contributed by atoms with Crippen LogP contribution in [0.5, 0.6) is 0 Å². The van der Waals surface area contributed by atoms with Crippen molar-refractivity contribution in [1.82, 2.24) is 10.6 Å².